The summed E-state index contributed by atoms with van der Waals surface area (Å²) < 4.78 is 6.36. The van der Waals surface area contributed by atoms with Crippen molar-refractivity contribution >= 4 is 0 Å². The van der Waals surface area contributed by atoms with Crippen LogP contribution in [0.4, 0.5) is 0 Å². The first-order chi connectivity index (χ1) is 14.5. The Morgan fingerprint density at radius 3 is 1.80 bits per heavy atom. The van der Waals surface area contributed by atoms with Crippen LogP contribution in [0.1, 0.15) is 142 Å². The van der Waals surface area contributed by atoms with Crippen LogP contribution in [0.2, 0.25) is 0 Å². The van der Waals surface area contributed by atoms with E-state index in [4.69, 9.17) is 4.74 Å². The molecule has 0 amide bonds. The summed E-state index contributed by atoms with van der Waals surface area (Å²) in [7, 11) is 0. The summed E-state index contributed by atoms with van der Waals surface area (Å²) in [6, 6.07) is 10.9. The molecule has 0 radical (unpaired) electrons. The Morgan fingerprint density at radius 1 is 0.667 bits per heavy atom. The van der Waals surface area contributed by atoms with Crippen molar-refractivity contribution in [1.82, 2.24) is 0 Å². The SMILES string of the molecule is CCCCCCCCCC(OCCCCCCCCCC(C)(C)C)c1ccccc1. The van der Waals surface area contributed by atoms with Crippen LogP contribution in [-0.4, -0.2) is 6.61 Å². The number of rotatable bonds is 19. The molecule has 0 fully saturated rings. The van der Waals surface area contributed by atoms with Gasteiger partial charge >= 0.3 is 0 Å². The maximum atomic E-state index is 6.36. The quantitative estimate of drug-likeness (QED) is 0.204. The molecule has 0 saturated heterocycles. The van der Waals surface area contributed by atoms with Gasteiger partial charge in [-0.05, 0) is 30.2 Å². The number of hydrogen-bond donors (Lipinski definition) is 0. The predicted molar refractivity (Wildman–Crippen MR) is 134 cm³/mol. The van der Waals surface area contributed by atoms with Crippen molar-refractivity contribution in [2.24, 2.45) is 5.41 Å². The van der Waals surface area contributed by atoms with Gasteiger partial charge in [-0.3, -0.25) is 0 Å². The maximum Gasteiger partial charge on any atom is 0.0824 e. The molecule has 0 aliphatic carbocycles. The van der Waals surface area contributed by atoms with E-state index in [2.05, 4.69) is 58.0 Å². The van der Waals surface area contributed by atoms with Gasteiger partial charge in [0.05, 0.1) is 6.10 Å². The zero-order chi connectivity index (χ0) is 21.9. The van der Waals surface area contributed by atoms with Crippen molar-refractivity contribution in [3.05, 3.63) is 35.9 Å². The number of hydrogen-bond acceptors (Lipinski definition) is 1. The fraction of sp³-hybridized carbons (Fsp3) is 0.793. The van der Waals surface area contributed by atoms with E-state index < -0.39 is 0 Å². The second-order valence-corrected chi connectivity index (χ2v) is 10.5. The van der Waals surface area contributed by atoms with Crippen LogP contribution in [0.25, 0.3) is 0 Å². The Hall–Kier alpha value is -0.820. The lowest BCUT2D eigenvalue weighted by Crippen LogP contribution is -2.06. The highest BCUT2D eigenvalue weighted by molar-refractivity contribution is 5.17. The average molecular weight is 417 g/mol. The van der Waals surface area contributed by atoms with E-state index in [1.807, 2.05) is 0 Å². The Kier molecular flexibility index (Phi) is 16.2. The second kappa shape index (κ2) is 17.8. The molecule has 1 rings (SSSR count). The highest BCUT2D eigenvalue weighted by atomic mass is 16.5. The average Bonchev–Trinajstić information content (AvgIpc) is 2.72. The van der Waals surface area contributed by atoms with Gasteiger partial charge in [-0.1, -0.05) is 141 Å². The summed E-state index contributed by atoms with van der Waals surface area (Å²) in [5, 5.41) is 0. The number of ether oxygens (including phenoxy) is 1. The van der Waals surface area contributed by atoms with Gasteiger partial charge in [-0.2, -0.15) is 0 Å². The van der Waals surface area contributed by atoms with Crippen molar-refractivity contribution in [3.63, 3.8) is 0 Å². The molecule has 1 aromatic rings. The van der Waals surface area contributed by atoms with Gasteiger partial charge in [0.1, 0.15) is 0 Å². The fourth-order valence-electron chi connectivity index (χ4n) is 4.17. The van der Waals surface area contributed by atoms with Crippen LogP contribution in [-0.2, 0) is 4.74 Å². The fourth-order valence-corrected chi connectivity index (χ4v) is 4.17. The van der Waals surface area contributed by atoms with Gasteiger partial charge in [-0.15, -0.1) is 0 Å². The van der Waals surface area contributed by atoms with E-state index in [1.165, 1.54) is 108 Å². The van der Waals surface area contributed by atoms with Crippen molar-refractivity contribution in [2.75, 3.05) is 6.61 Å². The third-order valence-electron chi connectivity index (χ3n) is 6.13. The topological polar surface area (TPSA) is 9.23 Å². The molecule has 1 atom stereocenters. The van der Waals surface area contributed by atoms with E-state index in [0.717, 1.165) is 6.61 Å². The summed E-state index contributed by atoms with van der Waals surface area (Å²) in [5.74, 6) is 0. The lowest BCUT2D eigenvalue weighted by Gasteiger charge is -2.19. The monoisotopic (exact) mass is 416 g/mol. The highest BCUT2D eigenvalue weighted by Crippen LogP contribution is 2.25. The van der Waals surface area contributed by atoms with Crippen LogP contribution in [0.15, 0.2) is 30.3 Å². The van der Waals surface area contributed by atoms with E-state index in [9.17, 15) is 0 Å². The Balaban J connectivity index is 2.12. The summed E-state index contributed by atoms with van der Waals surface area (Å²) >= 11 is 0. The molecule has 1 aromatic carbocycles. The lowest BCUT2D eigenvalue weighted by molar-refractivity contribution is 0.0421. The van der Waals surface area contributed by atoms with E-state index in [0.29, 0.717) is 11.5 Å². The van der Waals surface area contributed by atoms with E-state index in [-0.39, 0.29) is 0 Å². The molecule has 174 valence electrons. The highest BCUT2D eigenvalue weighted by Gasteiger charge is 2.11. The zero-order valence-electron chi connectivity index (χ0n) is 20.9. The van der Waals surface area contributed by atoms with Crippen molar-refractivity contribution in [1.29, 1.82) is 0 Å². The third-order valence-corrected chi connectivity index (χ3v) is 6.13. The Labute approximate surface area is 189 Å². The lowest BCUT2D eigenvalue weighted by atomic mass is 9.89. The Morgan fingerprint density at radius 2 is 1.20 bits per heavy atom. The van der Waals surface area contributed by atoms with E-state index >= 15 is 0 Å². The minimum Gasteiger partial charge on any atom is -0.374 e. The molecule has 0 heterocycles. The second-order valence-electron chi connectivity index (χ2n) is 10.5. The zero-order valence-corrected chi connectivity index (χ0v) is 20.9. The van der Waals surface area contributed by atoms with Crippen molar-refractivity contribution < 1.29 is 4.74 Å². The summed E-state index contributed by atoms with van der Waals surface area (Å²) in [4.78, 5) is 0. The molecule has 0 saturated carbocycles. The standard InChI is InChI=1S/C29H52O/c1-5-6-7-8-10-13-19-24-28(27-22-17-16-18-23-27)30-26-21-15-12-9-11-14-20-25-29(2,3)4/h16-18,22-23,28H,5-15,19-21,24-26H2,1-4H3. The normalized spacial score (nSPS) is 12.9. The van der Waals surface area contributed by atoms with Gasteiger partial charge in [0.15, 0.2) is 0 Å². The molecule has 1 unspecified atom stereocenters. The molecule has 1 heteroatoms. The van der Waals surface area contributed by atoms with Gasteiger partial charge in [0.25, 0.3) is 0 Å². The molecule has 0 bridgehead atoms. The molecule has 0 aromatic heterocycles. The minimum atomic E-state index is 0.291. The third kappa shape index (κ3) is 15.9. The molecule has 30 heavy (non-hydrogen) atoms. The summed E-state index contributed by atoms with van der Waals surface area (Å²) in [5.41, 5.74) is 1.86. The largest absolute Gasteiger partial charge is 0.374 e. The molecule has 1 nitrogen and oxygen atoms in total. The van der Waals surface area contributed by atoms with Crippen LogP contribution >= 0.6 is 0 Å². The van der Waals surface area contributed by atoms with Crippen molar-refractivity contribution in [2.45, 2.75) is 137 Å². The van der Waals surface area contributed by atoms with Crippen molar-refractivity contribution in [3.8, 4) is 0 Å². The molecule has 0 N–H and O–H groups in total. The predicted octanol–water partition coefficient (Wildman–Crippen LogP) is 10.1. The minimum absolute atomic E-state index is 0.291. The van der Waals surface area contributed by atoms with Gasteiger partial charge in [0, 0.05) is 6.61 Å². The van der Waals surface area contributed by atoms with E-state index in [1.54, 1.807) is 0 Å². The Bertz CT molecular complexity index is 473. The molecule has 0 aliphatic heterocycles. The van der Waals surface area contributed by atoms with Crippen LogP contribution in [0.3, 0.4) is 0 Å². The summed E-state index contributed by atoms with van der Waals surface area (Å²) in [6.45, 7) is 10.3. The van der Waals surface area contributed by atoms with Crippen LogP contribution in [0.5, 0.6) is 0 Å². The first-order valence-corrected chi connectivity index (χ1v) is 13.2. The van der Waals surface area contributed by atoms with Gasteiger partial charge < -0.3 is 4.74 Å². The smallest absolute Gasteiger partial charge is 0.0824 e. The molecule has 0 spiro atoms. The summed E-state index contributed by atoms with van der Waals surface area (Å²) in [6.07, 6.45) is 21.9. The van der Waals surface area contributed by atoms with Gasteiger partial charge in [0.2, 0.25) is 0 Å². The first kappa shape index (κ1) is 27.2. The number of benzene rings is 1. The molecular weight excluding hydrogens is 364 g/mol. The molecular formula is C29H52O. The maximum absolute atomic E-state index is 6.36. The van der Waals surface area contributed by atoms with Gasteiger partial charge in [-0.25, -0.2) is 0 Å². The molecule has 0 aliphatic rings. The van der Waals surface area contributed by atoms with Crippen LogP contribution in [0, 0.1) is 5.41 Å². The first-order valence-electron chi connectivity index (χ1n) is 13.2. The number of unbranched alkanes of at least 4 members (excludes halogenated alkanes) is 12. The van der Waals surface area contributed by atoms with Crippen LogP contribution < -0.4 is 0 Å².